The van der Waals surface area contributed by atoms with E-state index in [4.69, 9.17) is 6.58 Å². The van der Waals surface area contributed by atoms with E-state index in [9.17, 15) is 0 Å². The second-order valence-corrected chi connectivity index (χ2v) is 15.4. The largest absolute Gasteiger partial charge is 0.0992 e. The van der Waals surface area contributed by atoms with Crippen molar-refractivity contribution >= 4 is 0 Å². The van der Waals surface area contributed by atoms with Crippen LogP contribution in [0.2, 0.25) is 0 Å². The van der Waals surface area contributed by atoms with Crippen molar-refractivity contribution in [2.24, 2.45) is 41.4 Å². The normalized spacial score (nSPS) is 33.6. The molecular weight excluding hydrogens is 468 g/mol. The summed E-state index contributed by atoms with van der Waals surface area (Å²) in [6.45, 7) is 11.9. The van der Waals surface area contributed by atoms with Gasteiger partial charge in [-0.25, -0.2) is 0 Å². The summed E-state index contributed by atoms with van der Waals surface area (Å²) in [6.07, 6.45) is 28.2. The van der Waals surface area contributed by atoms with Gasteiger partial charge in [-0.2, -0.15) is 0 Å². The Bertz CT molecular complexity index is 1060. The van der Waals surface area contributed by atoms with Crippen molar-refractivity contribution in [3.8, 4) is 0 Å². The lowest BCUT2D eigenvalue weighted by molar-refractivity contribution is 0.169. The Morgan fingerprint density at radius 3 is 2.36 bits per heavy atom. The Hall–Kier alpha value is -1.56. The van der Waals surface area contributed by atoms with Gasteiger partial charge in [0.2, 0.25) is 0 Å². The molecule has 0 aliphatic heterocycles. The fourth-order valence-electron chi connectivity index (χ4n) is 10.0. The Kier molecular flexibility index (Phi) is 8.31. The van der Waals surface area contributed by atoms with Gasteiger partial charge in [0.25, 0.3) is 0 Å². The predicted molar refractivity (Wildman–Crippen MR) is 168 cm³/mol. The van der Waals surface area contributed by atoms with Gasteiger partial charge >= 0.3 is 0 Å². The summed E-state index contributed by atoms with van der Waals surface area (Å²) < 4.78 is 0. The number of allylic oxidation sites excluding steroid dienone is 5. The molecule has 6 rings (SSSR count). The summed E-state index contributed by atoms with van der Waals surface area (Å²) in [5.74, 6) is 6.44. The van der Waals surface area contributed by atoms with Gasteiger partial charge in [-0.1, -0.05) is 107 Å². The standard InChI is InChI=1S/C39H56/c1-27-13-18-36(19-14-27)39(3,4)37-20-17-31(26-37)28(2)21-33-11-8-12-38(33)35-24-32-16-15-30(23-34(32)25-35)22-29-9-6-5-7-10-29/h11-14,18-19,29-32,34-35,37H,2,5-10,15-17,20-26H2,1,3-4H3. The van der Waals surface area contributed by atoms with E-state index in [1.807, 2.05) is 0 Å². The first-order chi connectivity index (χ1) is 18.9. The molecule has 1 aromatic rings. The maximum Gasteiger partial charge on any atom is -0.00674 e. The summed E-state index contributed by atoms with van der Waals surface area (Å²) >= 11 is 0. The molecule has 39 heavy (non-hydrogen) atoms. The average molecular weight is 525 g/mol. The Labute approximate surface area is 240 Å². The van der Waals surface area contributed by atoms with Crippen molar-refractivity contribution in [3.05, 3.63) is 70.8 Å². The van der Waals surface area contributed by atoms with Gasteiger partial charge in [0, 0.05) is 0 Å². The Balaban J connectivity index is 1.02. The van der Waals surface area contributed by atoms with Crippen LogP contribution in [0.5, 0.6) is 0 Å². The van der Waals surface area contributed by atoms with Gasteiger partial charge in [0.15, 0.2) is 0 Å². The molecule has 0 spiro atoms. The summed E-state index contributed by atoms with van der Waals surface area (Å²) in [5.41, 5.74) is 8.07. The molecule has 6 atom stereocenters. The van der Waals surface area contributed by atoms with Gasteiger partial charge in [-0.15, -0.1) is 0 Å². The summed E-state index contributed by atoms with van der Waals surface area (Å²) in [4.78, 5) is 0. The molecule has 212 valence electrons. The van der Waals surface area contributed by atoms with Gasteiger partial charge < -0.3 is 0 Å². The van der Waals surface area contributed by atoms with Crippen LogP contribution >= 0.6 is 0 Å². The maximum atomic E-state index is 4.73. The monoisotopic (exact) mass is 524 g/mol. The summed E-state index contributed by atoms with van der Waals surface area (Å²) in [7, 11) is 0. The Morgan fingerprint density at radius 1 is 0.795 bits per heavy atom. The van der Waals surface area contributed by atoms with Gasteiger partial charge in [0.05, 0.1) is 0 Å². The number of hydrogen-bond acceptors (Lipinski definition) is 0. The van der Waals surface area contributed by atoms with Gasteiger partial charge in [-0.3, -0.25) is 0 Å². The molecule has 0 amide bonds. The van der Waals surface area contributed by atoms with Crippen LogP contribution in [-0.4, -0.2) is 0 Å². The third kappa shape index (κ3) is 6.06. The molecule has 0 saturated heterocycles. The van der Waals surface area contributed by atoms with E-state index >= 15 is 0 Å². The molecule has 0 bridgehead atoms. The molecule has 4 saturated carbocycles. The minimum atomic E-state index is 0.245. The second kappa shape index (κ2) is 11.7. The maximum absolute atomic E-state index is 4.73. The minimum absolute atomic E-state index is 0.245. The lowest BCUT2D eigenvalue weighted by Crippen LogP contribution is -2.27. The molecule has 5 aliphatic carbocycles. The van der Waals surface area contributed by atoms with Crippen molar-refractivity contribution in [3.63, 3.8) is 0 Å². The molecular formula is C39H56. The number of aryl methyl sites for hydroxylation is 1. The van der Waals surface area contributed by atoms with Crippen LogP contribution in [0.15, 0.2) is 59.7 Å². The fraction of sp³-hybridized carbons (Fsp3) is 0.692. The van der Waals surface area contributed by atoms with Crippen molar-refractivity contribution in [1.29, 1.82) is 0 Å². The van der Waals surface area contributed by atoms with Gasteiger partial charge in [-0.05, 0) is 135 Å². The third-order valence-electron chi connectivity index (χ3n) is 12.6. The summed E-state index contributed by atoms with van der Waals surface area (Å²) in [6, 6.07) is 9.32. The smallest absolute Gasteiger partial charge is 0.00674 e. The zero-order chi connectivity index (χ0) is 27.0. The van der Waals surface area contributed by atoms with Crippen LogP contribution in [0, 0.1) is 48.3 Å². The SMILES string of the molecule is C=C(CC1=CCC=C1C1CC2CCC(CC3CCCCC3)CC2C1)C1CCC(C(C)(C)c2ccc(C)cc2)C1. The van der Waals surface area contributed by atoms with E-state index in [0.717, 1.165) is 41.9 Å². The highest BCUT2D eigenvalue weighted by atomic mass is 14.5. The lowest BCUT2D eigenvalue weighted by atomic mass is 9.71. The van der Waals surface area contributed by atoms with E-state index < -0.39 is 0 Å². The number of benzene rings is 1. The van der Waals surface area contributed by atoms with Crippen molar-refractivity contribution in [2.75, 3.05) is 0 Å². The molecule has 1 aromatic carbocycles. The summed E-state index contributed by atoms with van der Waals surface area (Å²) in [5, 5.41) is 0. The van der Waals surface area contributed by atoms with Crippen LogP contribution in [0.4, 0.5) is 0 Å². The highest BCUT2D eigenvalue weighted by molar-refractivity contribution is 5.42. The molecule has 5 aliphatic rings. The first-order valence-corrected chi connectivity index (χ1v) is 17.0. The van der Waals surface area contributed by atoms with E-state index in [1.165, 1.54) is 100 Å². The topological polar surface area (TPSA) is 0 Å². The van der Waals surface area contributed by atoms with Crippen molar-refractivity contribution in [1.82, 2.24) is 0 Å². The van der Waals surface area contributed by atoms with Crippen molar-refractivity contribution in [2.45, 2.75) is 129 Å². The van der Waals surface area contributed by atoms with E-state index in [2.05, 4.69) is 57.2 Å². The molecule has 6 unspecified atom stereocenters. The molecule has 0 aromatic heterocycles. The Morgan fingerprint density at radius 2 is 1.56 bits per heavy atom. The molecule has 0 heteroatoms. The quantitative estimate of drug-likeness (QED) is 0.297. The number of rotatable bonds is 8. The van der Waals surface area contributed by atoms with E-state index in [1.54, 1.807) is 24.0 Å². The van der Waals surface area contributed by atoms with Crippen LogP contribution in [0.3, 0.4) is 0 Å². The van der Waals surface area contributed by atoms with Crippen LogP contribution in [-0.2, 0) is 5.41 Å². The molecule has 0 radical (unpaired) electrons. The molecule has 4 fully saturated rings. The lowest BCUT2D eigenvalue weighted by Gasteiger charge is -2.34. The van der Waals surface area contributed by atoms with Crippen LogP contribution < -0.4 is 0 Å². The second-order valence-electron chi connectivity index (χ2n) is 15.4. The molecule has 0 nitrogen and oxygen atoms in total. The van der Waals surface area contributed by atoms with Crippen molar-refractivity contribution < 1.29 is 0 Å². The molecule has 0 heterocycles. The highest BCUT2D eigenvalue weighted by Crippen LogP contribution is 2.53. The van der Waals surface area contributed by atoms with Crippen LogP contribution in [0.1, 0.15) is 128 Å². The van der Waals surface area contributed by atoms with Crippen LogP contribution in [0.25, 0.3) is 0 Å². The fourth-order valence-corrected chi connectivity index (χ4v) is 10.0. The molecule has 0 N–H and O–H groups in total. The highest BCUT2D eigenvalue weighted by Gasteiger charge is 2.42. The zero-order valence-electron chi connectivity index (χ0n) is 25.5. The van der Waals surface area contributed by atoms with Gasteiger partial charge in [0.1, 0.15) is 0 Å². The zero-order valence-corrected chi connectivity index (χ0v) is 25.5. The van der Waals surface area contributed by atoms with E-state index in [0.29, 0.717) is 5.92 Å². The number of fused-ring (bicyclic) bond motifs is 1. The minimum Gasteiger partial charge on any atom is -0.0992 e. The predicted octanol–water partition coefficient (Wildman–Crippen LogP) is 11.3. The number of hydrogen-bond donors (Lipinski definition) is 0. The van der Waals surface area contributed by atoms with E-state index in [-0.39, 0.29) is 5.41 Å². The first kappa shape index (κ1) is 27.6. The first-order valence-electron chi connectivity index (χ1n) is 17.0. The third-order valence-corrected chi connectivity index (χ3v) is 12.6. The average Bonchev–Trinajstić information content (AvgIpc) is 3.69.